The maximum absolute atomic E-state index is 12.0. The van der Waals surface area contributed by atoms with Gasteiger partial charge in [0.05, 0.1) is 0 Å². The molecule has 0 aliphatic rings. The molecule has 0 saturated heterocycles. The molecule has 0 atom stereocenters. The first-order valence-corrected chi connectivity index (χ1v) is 13.6. The van der Waals surface area contributed by atoms with Crippen LogP contribution in [0.2, 0.25) is 0 Å². The van der Waals surface area contributed by atoms with Crippen molar-refractivity contribution in [2.24, 2.45) is 0 Å². The molecule has 0 aliphatic heterocycles. The molecule has 0 radical (unpaired) electrons. The average Bonchev–Trinajstić information content (AvgIpc) is 2.80. The van der Waals surface area contributed by atoms with E-state index in [1.54, 1.807) is 0 Å². The molecular formula is C29H51NO. The van der Waals surface area contributed by atoms with Crippen molar-refractivity contribution in [1.29, 1.82) is 0 Å². The molecule has 1 aromatic carbocycles. The van der Waals surface area contributed by atoms with Gasteiger partial charge in [-0.3, -0.25) is 4.79 Å². The lowest BCUT2D eigenvalue weighted by atomic mass is 10.1. The van der Waals surface area contributed by atoms with Crippen LogP contribution in [0.4, 0.5) is 5.69 Å². The molecule has 2 heteroatoms. The van der Waals surface area contributed by atoms with Gasteiger partial charge in [-0.1, -0.05) is 111 Å². The Morgan fingerprint density at radius 1 is 0.581 bits per heavy atom. The van der Waals surface area contributed by atoms with E-state index in [1.807, 2.05) is 19.1 Å². The van der Waals surface area contributed by atoms with Crippen LogP contribution >= 0.6 is 0 Å². The highest BCUT2D eigenvalue weighted by molar-refractivity contribution is 5.96. The molecule has 0 N–H and O–H groups in total. The number of ketones is 1. The molecule has 178 valence electrons. The van der Waals surface area contributed by atoms with E-state index >= 15 is 0 Å². The highest BCUT2D eigenvalue weighted by atomic mass is 16.1. The maximum Gasteiger partial charge on any atom is 0.162 e. The Hall–Kier alpha value is -1.31. The van der Waals surface area contributed by atoms with E-state index in [2.05, 4.69) is 30.9 Å². The van der Waals surface area contributed by atoms with Gasteiger partial charge in [-0.2, -0.15) is 0 Å². The first kappa shape index (κ1) is 27.7. The third-order valence-electron chi connectivity index (χ3n) is 6.44. The number of Topliss-reactive ketones (excluding diaryl/α,β-unsaturated/α-hetero) is 1. The van der Waals surface area contributed by atoms with Gasteiger partial charge < -0.3 is 4.90 Å². The predicted octanol–water partition coefficient (Wildman–Crippen LogP) is 9.37. The van der Waals surface area contributed by atoms with E-state index in [0.29, 0.717) is 6.42 Å². The van der Waals surface area contributed by atoms with Gasteiger partial charge in [-0.25, -0.2) is 0 Å². The number of benzene rings is 1. The Kier molecular flexibility index (Phi) is 17.3. The molecule has 0 saturated carbocycles. The van der Waals surface area contributed by atoms with Crippen LogP contribution < -0.4 is 4.90 Å². The molecule has 0 amide bonds. The molecule has 0 bridgehead atoms. The van der Waals surface area contributed by atoms with Gasteiger partial charge in [-0.15, -0.1) is 0 Å². The van der Waals surface area contributed by atoms with Crippen molar-refractivity contribution in [3.05, 3.63) is 29.8 Å². The first-order valence-electron chi connectivity index (χ1n) is 13.6. The summed E-state index contributed by atoms with van der Waals surface area (Å²) in [6.07, 6.45) is 22.4. The molecule has 0 aromatic heterocycles. The summed E-state index contributed by atoms with van der Waals surface area (Å²) in [6.45, 7) is 8.80. The third-order valence-corrected chi connectivity index (χ3v) is 6.44. The molecule has 2 nitrogen and oxygen atoms in total. The number of unbranched alkanes of at least 4 members (excludes halogenated alkanes) is 14. The van der Waals surface area contributed by atoms with Gasteiger partial charge >= 0.3 is 0 Å². The van der Waals surface area contributed by atoms with Gasteiger partial charge in [0.1, 0.15) is 0 Å². The fraction of sp³-hybridized carbons (Fsp3) is 0.759. The lowest BCUT2D eigenvalue weighted by Crippen LogP contribution is -2.25. The van der Waals surface area contributed by atoms with Gasteiger partial charge in [-0.05, 0) is 37.1 Å². The van der Waals surface area contributed by atoms with Crippen LogP contribution in [-0.4, -0.2) is 18.9 Å². The zero-order valence-electron chi connectivity index (χ0n) is 21.1. The van der Waals surface area contributed by atoms with E-state index in [-0.39, 0.29) is 5.78 Å². The summed E-state index contributed by atoms with van der Waals surface area (Å²) in [4.78, 5) is 14.5. The van der Waals surface area contributed by atoms with E-state index < -0.39 is 0 Å². The minimum Gasteiger partial charge on any atom is -0.372 e. The molecule has 0 spiro atoms. The topological polar surface area (TPSA) is 20.3 Å². The van der Waals surface area contributed by atoms with E-state index in [1.165, 1.54) is 108 Å². The van der Waals surface area contributed by atoms with Crippen LogP contribution in [-0.2, 0) is 0 Å². The van der Waals surface area contributed by atoms with E-state index in [0.717, 1.165) is 18.7 Å². The second-order valence-corrected chi connectivity index (χ2v) is 9.26. The van der Waals surface area contributed by atoms with Crippen molar-refractivity contribution in [1.82, 2.24) is 0 Å². The number of carbonyl (C=O) groups excluding carboxylic acids is 1. The lowest BCUT2D eigenvalue weighted by molar-refractivity contribution is 0.0988. The Bertz CT molecular complexity index is 516. The fourth-order valence-corrected chi connectivity index (χ4v) is 4.31. The van der Waals surface area contributed by atoms with Crippen molar-refractivity contribution in [3.63, 3.8) is 0 Å². The average molecular weight is 430 g/mol. The maximum atomic E-state index is 12.0. The quantitative estimate of drug-likeness (QED) is 0.143. The minimum absolute atomic E-state index is 0.240. The summed E-state index contributed by atoms with van der Waals surface area (Å²) >= 11 is 0. The molecule has 1 aromatic rings. The summed E-state index contributed by atoms with van der Waals surface area (Å²) in [5.74, 6) is 0.240. The van der Waals surface area contributed by atoms with Gasteiger partial charge in [0, 0.05) is 30.8 Å². The standard InChI is InChI=1S/C29H51NO/c1-4-7-9-11-13-15-17-19-25-30(26-20-18-16-14-12-10-8-5-2)28-23-21-27(22-24-28)29(31)6-3/h21-24H,4-20,25-26H2,1-3H3. The Labute approximate surface area is 194 Å². The molecule has 0 heterocycles. The largest absolute Gasteiger partial charge is 0.372 e. The summed E-state index contributed by atoms with van der Waals surface area (Å²) in [5.41, 5.74) is 2.14. The van der Waals surface area contributed by atoms with Gasteiger partial charge in [0.25, 0.3) is 0 Å². The second kappa shape index (κ2) is 19.4. The lowest BCUT2D eigenvalue weighted by Gasteiger charge is -2.25. The van der Waals surface area contributed by atoms with Crippen LogP contribution in [0.15, 0.2) is 24.3 Å². The summed E-state index contributed by atoms with van der Waals surface area (Å²) in [5, 5.41) is 0. The van der Waals surface area contributed by atoms with Crippen LogP contribution in [0.1, 0.15) is 140 Å². The molecule has 0 aliphatic carbocycles. The third kappa shape index (κ3) is 13.7. The fourth-order valence-electron chi connectivity index (χ4n) is 4.31. The van der Waals surface area contributed by atoms with Crippen LogP contribution in [0.3, 0.4) is 0 Å². The number of hydrogen-bond acceptors (Lipinski definition) is 2. The summed E-state index contributed by atoms with van der Waals surface area (Å²) < 4.78 is 0. The van der Waals surface area contributed by atoms with Crippen LogP contribution in [0.5, 0.6) is 0 Å². The number of nitrogens with zero attached hydrogens (tertiary/aromatic N) is 1. The second-order valence-electron chi connectivity index (χ2n) is 9.26. The summed E-state index contributed by atoms with van der Waals surface area (Å²) in [7, 11) is 0. The SMILES string of the molecule is CCCCCCCCCCN(CCCCCCCCCC)c1ccc(C(=O)CC)cc1. The highest BCUT2D eigenvalue weighted by Crippen LogP contribution is 2.19. The van der Waals surface area contributed by atoms with Crippen molar-refractivity contribution >= 4 is 11.5 Å². The molecule has 1 rings (SSSR count). The minimum atomic E-state index is 0.240. The molecule has 0 unspecified atom stereocenters. The number of anilines is 1. The molecule has 0 fully saturated rings. The number of carbonyl (C=O) groups is 1. The van der Waals surface area contributed by atoms with Crippen molar-refractivity contribution in [2.45, 2.75) is 130 Å². The normalized spacial score (nSPS) is 11.1. The van der Waals surface area contributed by atoms with Gasteiger partial charge in [0.15, 0.2) is 5.78 Å². The van der Waals surface area contributed by atoms with Crippen molar-refractivity contribution in [2.75, 3.05) is 18.0 Å². The Balaban J connectivity index is 2.41. The Morgan fingerprint density at radius 3 is 1.35 bits per heavy atom. The number of rotatable bonds is 21. The van der Waals surface area contributed by atoms with Crippen molar-refractivity contribution in [3.8, 4) is 0 Å². The summed E-state index contributed by atoms with van der Waals surface area (Å²) in [6, 6.07) is 8.38. The predicted molar refractivity (Wildman–Crippen MR) is 138 cm³/mol. The first-order chi connectivity index (χ1) is 15.2. The highest BCUT2D eigenvalue weighted by Gasteiger charge is 2.08. The van der Waals surface area contributed by atoms with E-state index in [9.17, 15) is 4.79 Å². The zero-order valence-corrected chi connectivity index (χ0v) is 21.1. The molecule has 31 heavy (non-hydrogen) atoms. The number of hydrogen-bond donors (Lipinski definition) is 0. The monoisotopic (exact) mass is 429 g/mol. The smallest absolute Gasteiger partial charge is 0.162 e. The van der Waals surface area contributed by atoms with Crippen molar-refractivity contribution < 1.29 is 4.79 Å². The van der Waals surface area contributed by atoms with E-state index in [4.69, 9.17) is 0 Å². The van der Waals surface area contributed by atoms with Crippen LogP contribution in [0, 0.1) is 0 Å². The van der Waals surface area contributed by atoms with Gasteiger partial charge in [0.2, 0.25) is 0 Å². The van der Waals surface area contributed by atoms with Crippen LogP contribution in [0.25, 0.3) is 0 Å². The Morgan fingerprint density at radius 2 is 0.968 bits per heavy atom. The zero-order chi connectivity index (χ0) is 22.6. The molecular weight excluding hydrogens is 378 g/mol.